The highest BCUT2D eigenvalue weighted by Crippen LogP contribution is 2.18. The molecule has 1 atom stereocenters. The van der Waals surface area contributed by atoms with Crippen LogP contribution in [0.2, 0.25) is 0 Å². The summed E-state index contributed by atoms with van der Waals surface area (Å²) in [5.41, 5.74) is 6.41. The van der Waals surface area contributed by atoms with Crippen LogP contribution >= 0.6 is 12.2 Å². The topological polar surface area (TPSA) is 63.8 Å². The van der Waals surface area contributed by atoms with Gasteiger partial charge in [0.1, 0.15) is 4.99 Å². The molecular weight excluding hydrogens is 232 g/mol. The maximum absolute atomic E-state index is 5.66. The first-order valence-electron chi connectivity index (χ1n) is 5.98. The van der Waals surface area contributed by atoms with Crippen LogP contribution in [0.5, 0.6) is 0 Å². The SMILES string of the molecule is CCC(CC)C(C)Nc1nnccc1C(N)=S. The summed E-state index contributed by atoms with van der Waals surface area (Å²) in [5, 5.41) is 11.3. The molecule has 0 bridgehead atoms. The number of nitrogens with zero attached hydrogens (tertiary/aromatic N) is 2. The molecule has 1 aromatic heterocycles. The van der Waals surface area contributed by atoms with Gasteiger partial charge >= 0.3 is 0 Å². The van der Waals surface area contributed by atoms with Gasteiger partial charge in [-0.15, -0.1) is 5.10 Å². The number of nitrogens with two attached hydrogens (primary N) is 1. The lowest BCUT2D eigenvalue weighted by Crippen LogP contribution is -2.27. The first-order valence-corrected chi connectivity index (χ1v) is 6.38. The van der Waals surface area contributed by atoms with Gasteiger partial charge in [0, 0.05) is 6.04 Å². The number of thiocarbonyl (C=S) groups is 1. The van der Waals surface area contributed by atoms with Crippen LogP contribution in [0.3, 0.4) is 0 Å². The van der Waals surface area contributed by atoms with Crippen molar-refractivity contribution >= 4 is 23.0 Å². The van der Waals surface area contributed by atoms with Gasteiger partial charge in [0.25, 0.3) is 0 Å². The standard InChI is InChI=1S/C12H20N4S/c1-4-9(5-2)8(3)15-12-10(11(13)17)6-7-14-16-12/h6-9H,4-5H2,1-3H3,(H2,13,17)(H,15,16). The lowest BCUT2D eigenvalue weighted by atomic mass is 9.95. The highest BCUT2D eigenvalue weighted by molar-refractivity contribution is 7.80. The molecule has 5 heteroatoms. The van der Waals surface area contributed by atoms with Gasteiger partial charge in [-0.25, -0.2) is 0 Å². The molecule has 0 aliphatic heterocycles. The number of hydrogen-bond donors (Lipinski definition) is 2. The van der Waals surface area contributed by atoms with Gasteiger partial charge in [0.15, 0.2) is 5.82 Å². The molecule has 17 heavy (non-hydrogen) atoms. The zero-order valence-corrected chi connectivity index (χ0v) is 11.4. The lowest BCUT2D eigenvalue weighted by molar-refractivity contribution is 0.436. The Morgan fingerprint density at radius 3 is 2.65 bits per heavy atom. The second-order valence-corrected chi connectivity index (χ2v) is 4.61. The molecular formula is C12H20N4S. The Balaban J connectivity index is 2.84. The van der Waals surface area contributed by atoms with Crippen molar-refractivity contribution in [3.63, 3.8) is 0 Å². The van der Waals surface area contributed by atoms with Crippen LogP contribution in [0.15, 0.2) is 12.3 Å². The molecule has 0 saturated heterocycles. The van der Waals surface area contributed by atoms with Crippen LogP contribution in [0, 0.1) is 5.92 Å². The van der Waals surface area contributed by atoms with Gasteiger partial charge in [-0.05, 0) is 18.9 Å². The molecule has 0 fully saturated rings. The molecule has 0 radical (unpaired) electrons. The molecule has 3 N–H and O–H groups in total. The average Bonchev–Trinajstić information content (AvgIpc) is 2.31. The Bertz CT molecular complexity index is 377. The van der Waals surface area contributed by atoms with E-state index in [1.54, 1.807) is 12.3 Å². The second-order valence-electron chi connectivity index (χ2n) is 4.17. The van der Waals surface area contributed by atoms with Gasteiger partial charge in [-0.1, -0.05) is 38.9 Å². The molecule has 0 aliphatic rings. The van der Waals surface area contributed by atoms with Crippen LogP contribution < -0.4 is 11.1 Å². The van der Waals surface area contributed by atoms with E-state index in [1.165, 1.54) is 0 Å². The Labute approximate surface area is 108 Å². The van der Waals surface area contributed by atoms with E-state index in [2.05, 4.69) is 36.3 Å². The molecule has 0 spiro atoms. The third-order valence-corrected chi connectivity index (χ3v) is 3.33. The first kappa shape index (κ1) is 13.8. The second kappa shape index (κ2) is 6.49. The Morgan fingerprint density at radius 2 is 2.12 bits per heavy atom. The van der Waals surface area contributed by atoms with Crippen molar-refractivity contribution in [3.8, 4) is 0 Å². The average molecular weight is 252 g/mol. The van der Waals surface area contributed by atoms with Crippen LogP contribution in [0.4, 0.5) is 5.82 Å². The van der Waals surface area contributed by atoms with Crippen molar-refractivity contribution < 1.29 is 0 Å². The zero-order valence-electron chi connectivity index (χ0n) is 10.6. The van der Waals surface area contributed by atoms with E-state index in [9.17, 15) is 0 Å². The quantitative estimate of drug-likeness (QED) is 0.761. The predicted octanol–water partition coefficient (Wildman–Crippen LogP) is 2.35. The van der Waals surface area contributed by atoms with E-state index in [4.69, 9.17) is 18.0 Å². The fraction of sp³-hybridized carbons (Fsp3) is 0.583. The fourth-order valence-electron chi connectivity index (χ4n) is 1.97. The minimum atomic E-state index is 0.329. The number of nitrogens with one attached hydrogen (secondary N) is 1. The van der Waals surface area contributed by atoms with E-state index < -0.39 is 0 Å². The van der Waals surface area contributed by atoms with Gasteiger partial charge in [-0.2, -0.15) is 5.10 Å². The van der Waals surface area contributed by atoms with Crippen molar-refractivity contribution in [2.24, 2.45) is 11.7 Å². The van der Waals surface area contributed by atoms with E-state index >= 15 is 0 Å². The maximum atomic E-state index is 5.66. The molecule has 94 valence electrons. The molecule has 0 aromatic carbocycles. The highest BCUT2D eigenvalue weighted by atomic mass is 32.1. The first-order chi connectivity index (χ1) is 8.10. The molecule has 1 rings (SSSR count). The number of hydrogen-bond acceptors (Lipinski definition) is 4. The molecule has 1 unspecified atom stereocenters. The largest absolute Gasteiger partial charge is 0.389 e. The smallest absolute Gasteiger partial charge is 0.159 e. The minimum Gasteiger partial charge on any atom is -0.389 e. The van der Waals surface area contributed by atoms with Crippen molar-refractivity contribution in [1.82, 2.24) is 10.2 Å². The van der Waals surface area contributed by atoms with Gasteiger partial charge in [0.05, 0.1) is 11.8 Å². The molecule has 1 aromatic rings. The molecule has 0 amide bonds. The zero-order chi connectivity index (χ0) is 12.8. The summed E-state index contributed by atoms with van der Waals surface area (Å²) >= 11 is 4.99. The van der Waals surface area contributed by atoms with Crippen LogP contribution in [-0.2, 0) is 0 Å². The van der Waals surface area contributed by atoms with Crippen molar-refractivity contribution in [1.29, 1.82) is 0 Å². The van der Waals surface area contributed by atoms with Gasteiger partial charge in [0.2, 0.25) is 0 Å². The van der Waals surface area contributed by atoms with E-state index in [-0.39, 0.29) is 0 Å². The predicted molar refractivity (Wildman–Crippen MR) is 75.1 cm³/mol. The van der Waals surface area contributed by atoms with Gasteiger partial charge < -0.3 is 11.1 Å². The third-order valence-electron chi connectivity index (χ3n) is 3.11. The maximum Gasteiger partial charge on any atom is 0.159 e. The summed E-state index contributed by atoms with van der Waals surface area (Å²) in [4.78, 5) is 0.346. The molecule has 0 aliphatic carbocycles. The Kier molecular flexibility index (Phi) is 5.28. The van der Waals surface area contributed by atoms with Crippen molar-refractivity contribution in [2.45, 2.75) is 39.7 Å². The summed E-state index contributed by atoms with van der Waals surface area (Å²) in [6.45, 7) is 6.53. The molecule has 1 heterocycles. The van der Waals surface area contributed by atoms with E-state index in [1.807, 2.05) is 0 Å². The Hall–Kier alpha value is -1.23. The minimum absolute atomic E-state index is 0.329. The molecule has 4 nitrogen and oxygen atoms in total. The van der Waals surface area contributed by atoms with Crippen LogP contribution in [0.25, 0.3) is 0 Å². The van der Waals surface area contributed by atoms with Crippen molar-refractivity contribution in [3.05, 3.63) is 17.8 Å². The van der Waals surface area contributed by atoms with Crippen molar-refractivity contribution in [2.75, 3.05) is 5.32 Å². The number of rotatable bonds is 6. The lowest BCUT2D eigenvalue weighted by Gasteiger charge is -2.23. The summed E-state index contributed by atoms with van der Waals surface area (Å²) in [7, 11) is 0. The number of aromatic nitrogens is 2. The summed E-state index contributed by atoms with van der Waals surface area (Å²) in [6.07, 6.45) is 3.86. The fourth-order valence-corrected chi connectivity index (χ4v) is 2.13. The van der Waals surface area contributed by atoms with Crippen LogP contribution in [0.1, 0.15) is 39.2 Å². The van der Waals surface area contributed by atoms with E-state index in [0.717, 1.165) is 18.4 Å². The molecule has 0 saturated carbocycles. The van der Waals surface area contributed by atoms with E-state index in [0.29, 0.717) is 22.8 Å². The Morgan fingerprint density at radius 1 is 1.47 bits per heavy atom. The summed E-state index contributed by atoms with van der Waals surface area (Å²) < 4.78 is 0. The summed E-state index contributed by atoms with van der Waals surface area (Å²) in [6, 6.07) is 2.12. The normalized spacial score (nSPS) is 12.5. The monoisotopic (exact) mass is 252 g/mol. The number of anilines is 1. The third kappa shape index (κ3) is 3.63. The highest BCUT2D eigenvalue weighted by Gasteiger charge is 2.16. The van der Waals surface area contributed by atoms with Gasteiger partial charge in [-0.3, -0.25) is 0 Å². The van der Waals surface area contributed by atoms with Crippen LogP contribution in [-0.4, -0.2) is 21.2 Å². The summed E-state index contributed by atoms with van der Waals surface area (Å²) in [5.74, 6) is 1.29.